The molecule has 5 aromatic rings. The smallest absolute Gasteiger partial charge is 0.122 e. The Bertz CT molecular complexity index is 1820. The largest absolute Gasteiger partial charge is 0.489 e. The molecular formula is C43H46OSi. The normalized spacial score (nSPS) is 13.0. The maximum absolute atomic E-state index is 6.65. The van der Waals surface area contributed by atoms with E-state index in [0.717, 1.165) is 5.75 Å². The molecule has 0 spiro atoms. The zero-order valence-electron chi connectivity index (χ0n) is 28.2. The van der Waals surface area contributed by atoms with Crippen molar-refractivity contribution in [2.24, 2.45) is 0 Å². The van der Waals surface area contributed by atoms with Gasteiger partial charge in [0.25, 0.3) is 0 Å². The molecule has 0 aromatic heterocycles. The molecule has 0 amide bonds. The van der Waals surface area contributed by atoms with Gasteiger partial charge in [-0.2, -0.15) is 0 Å². The van der Waals surface area contributed by atoms with Gasteiger partial charge in [-0.3, -0.25) is 0 Å². The Morgan fingerprint density at radius 1 is 0.667 bits per heavy atom. The number of rotatable bonds is 7. The lowest BCUT2D eigenvalue weighted by Crippen LogP contribution is -2.49. The highest BCUT2D eigenvalue weighted by atomic mass is 28.3. The number of hydrogen-bond acceptors (Lipinski definition) is 1. The first kappa shape index (κ1) is 30.9. The monoisotopic (exact) mass is 606 g/mol. The Balaban J connectivity index is 1.62. The predicted octanol–water partition coefficient (Wildman–Crippen LogP) is 11.1. The predicted molar refractivity (Wildman–Crippen MR) is 197 cm³/mol. The minimum Gasteiger partial charge on any atom is -0.489 e. The lowest BCUT2D eigenvalue weighted by Gasteiger charge is -2.36. The summed E-state index contributed by atoms with van der Waals surface area (Å²) < 4.78 is 6.65. The summed E-state index contributed by atoms with van der Waals surface area (Å²) in [5, 5.41) is 1.39. The molecule has 0 N–H and O–H groups in total. The number of ether oxygens (including phenoxy) is 1. The number of benzene rings is 5. The van der Waals surface area contributed by atoms with Crippen LogP contribution in [-0.4, -0.2) is 14.7 Å². The molecule has 0 fully saturated rings. The molecule has 0 radical (unpaired) electrons. The fourth-order valence-electron chi connectivity index (χ4n) is 7.31. The lowest BCUT2D eigenvalue weighted by atomic mass is 9.85. The first-order chi connectivity index (χ1) is 21.4. The van der Waals surface area contributed by atoms with Crippen molar-refractivity contribution in [2.45, 2.75) is 65.6 Å². The summed E-state index contributed by atoms with van der Waals surface area (Å²) in [4.78, 5) is 0. The number of aryl methyl sites for hydroxylation is 3. The van der Waals surface area contributed by atoms with E-state index >= 15 is 0 Å². The molecule has 1 nitrogen and oxygen atoms in total. The van der Waals surface area contributed by atoms with E-state index < -0.39 is 8.07 Å². The minimum absolute atomic E-state index is 0.0517. The van der Waals surface area contributed by atoms with Crippen molar-refractivity contribution >= 4 is 13.3 Å². The molecule has 0 bridgehead atoms. The Morgan fingerprint density at radius 2 is 1.18 bits per heavy atom. The molecule has 0 atom stereocenters. The van der Waals surface area contributed by atoms with E-state index in [4.69, 9.17) is 4.74 Å². The van der Waals surface area contributed by atoms with E-state index in [1.807, 2.05) is 6.08 Å². The van der Waals surface area contributed by atoms with Gasteiger partial charge < -0.3 is 4.74 Å². The second-order valence-electron chi connectivity index (χ2n) is 14.5. The number of fused-ring (bicyclic) bond motifs is 3. The zero-order valence-corrected chi connectivity index (χ0v) is 29.2. The van der Waals surface area contributed by atoms with Crippen molar-refractivity contribution < 1.29 is 4.74 Å². The third kappa shape index (κ3) is 5.73. The van der Waals surface area contributed by atoms with Gasteiger partial charge in [0, 0.05) is 5.54 Å². The second-order valence-corrected chi connectivity index (χ2v) is 19.1. The van der Waals surface area contributed by atoms with Crippen molar-refractivity contribution in [2.75, 3.05) is 6.61 Å². The maximum atomic E-state index is 6.65. The van der Waals surface area contributed by atoms with Crippen LogP contribution in [0, 0.1) is 20.8 Å². The van der Waals surface area contributed by atoms with Crippen LogP contribution in [0.5, 0.6) is 5.75 Å². The summed E-state index contributed by atoms with van der Waals surface area (Å²) in [7, 11) is -2.31. The molecule has 2 heteroatoms. The van der Waals surface area contributed by atoms with E-state index in [0.29, 0.717) is 6.61 Å². The van der Waals surface area contributed by atoms with E-state index in [1.165, 1.54) is 71.9 Å². The summed E-state index contributed by atoms with van der Waals surface area (Å²) in [5.41, 5.74) is 16.0. The summed E-state index contributed by atoms with van der Waals surface area (Å²) in [5.74, 6) is 1.06. The van der Waals surface area contributed by atoms with Gasteiger partial charge in [-0.15, -0.1) is 0 Å². The van der Waals surface area contributed by atoms with Crippen LogP contribution in [0.25, 0.3) is 33.4 Å². The molecule has 6 rings (SSSR count). The van der Waals surface area contributed by atoms with Gasteiger partial charge in [0.2, 0.25) is 0 Å². The highest BCUT2D eigenvalue weighted by molar-refractivity contribution is 6.92. The lowest BCUT2D eigenvalue weighted by molar-refractivity contribution is 0.353. The third-order valence-corrected chi connectivity index (χ3v) is 13.3. The van der Waals surface area contributed by atoms with Gasteiger partial charge in [-0.25, -0.2) is 0 Å². The summed E-state index contributed by atoms with van der Waals surface area (Å²) in [6.07, 6.45) is 1.87. The van der Waals surface area contributed by atoms with Crippen molar-refractivity contribution in [3.63, 3.8) is 0 Å². The van der Waals surface area contributed by atoms with Gasteiger partial charge in [-0.05, 0) is 81.4 Å². The molecule has 0 aliphatic heterocycles. The van der Waals surface area contributed by atoms with Crippen LogP contribution in [0.1, 0.15) is 59.7 Å². The Kier molecular flexibility index (Phi) is 7.99. The van der Waals surface area contributed by atoms with Crippen molar-refractivity contribution in [3.8, 4) is 39.1 Å². The summed E-state index contributed by atoms with van der Waals surface area (Å²) in [6.45, 7) is 23.1. The van der Waals surface area contributed by atoms with Crippen LogP contribution in [0.15, 0.2) is 110 Å². The molecule has 0 heterocycles. The van der Waals surface area contributed by atoms with Gasteiger partial charge in [-0.1, -0.05) is 160 Å². The van der Waals surface area contributed by atoms with Gasteiger partial charge in [0.1, 0.15) is 12.4 Å². The first-order valence-electron chi connectivity index (χ1n) is 16.2. The van der Waals surface area contributed by atoms with Gasteiger partial charge in [0.15, 0.2) is 0 Å². The fourth-order valence-corrected chi connectivity index (χ4v) is 11.0. The van der Waals surface area contributed by atoms with Crippen LogP contribution in [-0.2, 0) is 5.41 Å². The first-order valence-corrected chi connectivity index (χ1v) is 19.3. The SMILES string of the molecule is C=CCOc1c(C(C)(C)C)cc(C)cc1[Si](C)(C)C1c2cc(-c3cccc(C)c3)ccc2-c2ccc(-c3cccc(C)c3)cc21. The average Bonchev–Trinajstić information content (AvgIpc) is 3.33. The third-order valence-electron chi connectivity index (χ3n) is 9.52. The van der Waals surface area contributed by atoms with Crippen LogP contribution >= 0.6 is 0 Å². The average molecular weight is 607 g/mol. The highest BCUT2D eigenvalue weighted by Crippen LogP contribution is 2.51. The van der Waals surface area contributed by atoms with Gasteiger partial charge in [0.05, 0.1) is 8.07 Å². The van der Waals surface area contributed by atoms with Gasteiger partial charge >= 0.3 is 0 Å². The minimum atomic E-state index is -2.31. The van der Waals surface area contributed by atoms with E-state index in [2.05, 4.69) is 158 Å². The maximum Gasteiger partial charge on any atom is 0.122 e. The van der Waals surface area contributed by atoms with Crippen LogP contribution < -0.4 is 9.92 Å². The van der Waals surface area contributed by atoms with E-state index in [1.54, 1.807) is 0 Å². The topological polar surface area (TPSA) is 9.23 Å². The Labute approximate surface area is 271 Å². The van der Waals surface area contributed by atoms with E-state index in [-0.39, 0.29) is 11.0 Å². The molecule has 1 aliphatic rings. The molecular weight excluding hydrogens is 561 g/mol. The Hall–Kier alpha value is -4.14. The van der Waals surface area contributed by atoms with Crippen molar-refractivity contribution in [1.82, 2.24) is 0 Å². The summed E-state index contributed by atoms with van der Waals surface area (Å²) in [6, 6.07) is 36.8. The molecule has 45 heavy (non-hydrogen) atoms. The Morgan fingerprint density at radius 3 is 1.64 bits per heavy atom. The molecule has 228 valence electrons. The molecule has 0 unspecified atom stereocenters. The number of hydrogen-bond donors (Lipinski definition) is 0. The molecule has 0 saturated heterocycles. The fraction of sp³-hybridized carbons (Fsp3) is 0.256. The van der Waals surface area contributed by atoms with Crippen LogP contribution in [0.4, 0.5) is 0 Å². The molecule has 5 aromatic carbocycles. The summed E-state index contributed by atoms with van der Waals surface area (Å²) >= 11 is 0. The van der Waals surface area contributed by atoms with E-state index in [9.17, 15) is 0 Å². The standard InChI is InChI=1S/C43H46OSi/c1-10-21-44-41-39(43(5,6)7)24-30(4)25-40(41)45(8,9)42-37-26-33(31-15-11-13-28(2)22-31)17-19-35(37)36-20-18-34(27-38(36)42)32-16-12-14-29(3)23-32/h10-20,22-27,42H,1,21H2,2-9H3. The highest BCUT2D eigenvalue weighted by Gasteiger charge is 2.44. The van der Waals surface area contributed by atoms with Crippen molar-refractivity contribution in [3.05, 3.63) is 143 Å². The molecule has 1 aliphatic carbocycles. The van der Waals surface area contributed by atoms with Crippen LogP contribution in [0.2, 0.25) is 13.1 Å². The zero-order chi connectivity index (χ0) is 32.1. The second kappa shape index (κ2) is 11.7. The molecule has 0 saturated carbocycles. The quantitative estimate of drug-likeness (QED) is 0.132. The van der Waals surface area contributed by atoms with Crippen LogP contribution in [0.3, 0.4) is 0 Å². The van der Waals surface area contributed by atoms with Crippen molar-refractivity contribution in [1.29, 1.82) is 0 Å².